The Labute approximate surface area is 907 Å². The molecule has 140 heavy (non-hydrogen) atoms. The predicted molar refractivity (Wildman–Crippen MR) is 540 cm³/mol. The van der Waals surface area contributed by atoms with E-state index in [1.165, 1.54) is 181 Å². The van der Waals surface area contributed by atoms with Gasteiger partial charge in [-0.3, -0.25) is 24.9 Å². The standard InChI is InChI=1S/C21H25N2.C19H21N2.3C17H17N2.C11H24O2.3C5H12O2.3Ir.2Pt/c1-2-3-6-17-13-21(23-14-22-17)19-8-5-4-7-18(19)20-12-15-9-10-16(20)11-15;1-12-18(15-6-4-3-5-7-15)20-13(2)21-19(12)17-11-14-8-9-16(17)10-14;1-2-4-13(5-3-1)16-10-17(19-11-18-16)15-9-12-6-7-14(15)8-12;2*1-2-4-12(5-3-1)15-10-16(19-11-18-15)17-13-6-7-14(17)9-8-13;1-10(2,3)8(12)7-9(13)11(4,5)6;3*1-4(6)3-5(2)7;;;;;/h4-5,7,13-16,20H,2-3,6,9-12H2,1H3;3-6,14,16-17H,8-11H2,1-2H3;1-4,10-12,14-15H,6-9H2;2*1-4,10-11,13-14,17H,6-9H2;8-9,12-13H,7H2,1-6H3;3*4-7H,3H2,1-2H3;;;;;/q5*-1;;;;;;;;;. The zero-order valence-electron chi connectivity index (χ0n) is 85.1. The third kappa shape index (κ3) is 35.9. The summed E-state index contributed by atoms with van der Waals surface area (Å²) in [4.78, 5) is 45.4. The number of aryl methyl sites for hydroxylation is 2. The average Bonchev–Trinajstić information content (AvgIpc) is 1.65. The van der Waals surface area contributed by atoms with Crippen LogP contribution in [0.5, 0.6) is 0 Å². The van der Waals surface area contributed by atoms with Crippen molar-refractivity contribution in [1.29, 1.82) is 0 Å². The van der Waals surface area contributed by atoms with E-state index >= 15 is 0 Å². The quantitative estimate of drug-likeness (QED) is 0.0310. The van der Waals surface area contributed by atoms with E-state index in [0.717, 1.165) is 134 Å². The van der Waals surface area contributed by atoms with Gasteiger partial charge in [0.2, 0.25) is 0 Å². The summed E-state index contributed by atoms with van der Waals surface area (Å²) in [6.07, 6.45) is 37.0. The maximum Gasteiger partial charge on any atom is 0.116 e. The molecule has 3 radical (unpaired) electrons. The van der Waals surface area contributed by atoms with Crippen LogP contribution >= 0.6 is 0 Å². The summed E-state index contributed by atoms with van der Waals surface area (Å²) >= 11 is 0. The molecule has 8 N–H and O–H groups in total. The minimum Gasteiger partial charge on any atom is -0.393 e. The van der Waals surface area contributed by atoms with Crippen LogP contribution in [0.2, 0.25) is 0 Å². The molecule has 10 saturated carbocycles. The first kappa shape index (κ1) is 121. The maximum absolute atomic E-state index is 9.76. The Hall–Kier alpha value is -5.50. The van der Waals surface area contributed by atoms with Crippen LogP contribution in [0, 0.1) is 114 Å². The van der Waals surface area contributed by atoms with E-state index in [2.05, 4.69) is 151 Å². The fourth-order valence-electron chi connectivity index (χ4n) is 23.3. The van der Waals surface area contributed by atoms with E-state index in [-0.39, 0.29) is 150 Å². The first-order chi connectivity index (χ1) is 64.7. The van der Waals surface area contributed by atoms with Crippen LogP contribution < -0.4 is 0 Å². The van der Waals surface area contributed by atoms with E-state index in [1.54, 1.807) is 66.9 Å². The summed E-state index contributed by atoms with van der Waals surface area (Å²) in [6, 6.07) is 64.0. The van der Waals surface area contributed by atoms with Crippen molar-refractivity contribution in [2.24, 2.45) is 70.0 Å². The Balaban J connectivity index is 0.000000219. The zero-order chi connectivity index (χ0) is 96.5. The van der Waals surface area contributed by atoms with Crippen LogP contribution in [0.1, 0.15) is 332 Å². The van der Waals surface area contributed by atoms with Gasteiger partial charge in [0.25, 0.3) is 0 Å². The number of aromatic nitrogens is 10. The van der Waals surface area contributed by atoms with Gasteiger partial charge < -0.3 is 40.9 Å². The molecule has 10 fully saturated rings. The smallest absolute Gasteiger partial charge is 0.116 e. The molecule has 0 amide bonds. The van der Waals surface area contributed by atoms with Crippen LogP contribution in [0.4, 0.5) is 0 Å². The average molecular weight is 2800 g/mol. The molecule has 5 heterocycles. The molecular formula is C117H157Ir3N10O8Pt2-5. The van der Waals surface area contributed by atoms with Crippen molar-refractivity contribution < 1.29 is 143 Å². The maximum atomic E-state index is 9.76. The largest absolute Gasteiger partial charge is 0.393 e. The molecule has 0 spiro atoms. The van der Waals surface area contributed by atoms with Crippen molar-refractivity contribution >= 4 is 0 Å². The summed E-state index contributed by atoms with van der Waals surface area (Å²) in [7, 11) is 0. The molecular weight excluding hydrogens is 2640 g/mol. The zero-order valence-corrected chi connectivity index (χ0v) is 96.9. The second-order valence-electron chi connectivity index (χ2n) is 43.3. The van der Waals surface area contributed by atoms with Gasteiger partial charge in [-0.15, -0.1) is 179 Å². The Morgan fingerprint density at radius 2 is 0.693 bits per heavy atom. The van der Waals surface area contributed by atoms with Gasteiger partial charge in [0.05, 0.1) is 48.8 Å². The van der Waals surface area contributed by atoms with E-state index < -0.39 is 12.2 Å². The van der Waals surface area contributed by atoms with Crippen LogP contribution in [-0.2, 0) is 109 Å². The number of rotatable bonds is 21. The minimum absolute atomic E-state index is 0. The molecule has 17 unspecified atom stereocenters. The second kappa shape index (κ2) is 59.5. The van der Waals surface area contributed by atoms with Gasteiger partial charge in [0.1, 0.15) is 31.1 Å². The fourth-order valence-corrected chi connectivity index (χ4v) is 23.3. The first-order valence-electron chi connectivity index (χ1n) is 51.2. The SMILES string of the molecule is CC(C)(C)C(O)CC(O)C(C)(C)C.CC(O)CC(C)O.CC(O)CC(C)O.CC(O)CC(C)O.CCCCc1cc(-c2[c-]cccc2C2CC3CCC2C3)ncn1.Cc1nc(-c2[c-]cccc2)c(C)c(C2CC3CCC2C3)n1.[Ir].[Ir].[Ir].[Pt].[Pt].[c-]1ccccc1-c1cc(C2C3CCC2CC3)ncn1.[c-]1ccccc1-c1cc(C2C3CCC2CC3)ncn1.[c-]1ccccc1-c1cc(C2CC3CCC2C3)ncn1. The summed E-state index contributed by atoms with van der Waals surface area (Å²) in [5.74, 6) is 13.3. The Morgan fingerprint density at radius 1 is 0.350 bits per heavy atom. The van der Waals surface area contributed by atoms with Gasteiger partial charge in [-0.05, 0) is 294 Å². The third-order valence-corrected chi connectivity index (χ3v) is 30.1. The molecule has 0 saturated heterocycles. The van der Waals surface area contributed by atoms with E-state index in [4.69, 9.17) is 40.6 Å². The Morgan fingerprint density at radius 3 is 1.04 bits per heavy atom. The summed E-state index contributed by atoms with van der Waals surface area (Å²) in [5, 5.41) is 70.9. The van der Waals surface area contributed by atoms with Crippen molar-refractivity contribution in [1.82, 2.24) is 49.8 Å². The number of aliphatic hydroxyl groups is 8. The fraction of sp³-hybridized carbons (Fsp3) is 0.573. The second-order valence-corrected chi connectivity index (χ2v) is 43.3. The van der Waals surface area contributed by atoms with Gasteiger partial charge in [-0.1, -0.05) is 111 Å². The molecule has 5 aromatic heterocycles. The molecule has 17 atom stereocenters. The predicted octanol–water partition coefficient (Wildman–Crippen LogP) is 23.8. The monoisotopic (exact) mass is 2800 g/mol. The molecule has 23 heteroatoms. The van der Waals surface area contributed by atoms with Gasteiger partial charge >= 0.3 is 0 Å². The number of benzene rings is 5. The molecule has 775 valence electrons. The first-order valence-corrected chi connectivity index (χ1v) is 51.2. The number of unbranched alkanes of at least 4 members (excludes halogenated alkanes) is 1. The molecule has 10 bridgehead atoms. The number of hydrogen-bond donors (Lipinski definition) is 8. The number of nitrogens with zero attached hydrogens (tertiary/aromatic N) is 10. The van der Waals surface area contributed by atoms with Crippen molar-refractivity contribution in [2.45, 2.75) is 356 Å². The van der Waals surface area contributed by atoms with Gasteiger partial charge in [-0.25, -0.2) is 24.9 Å². The topological polar surface area (TPSA) is 291 Å². The van der Waals surface area contributed by atoms with E-state index in [0.29, 0.717) is 49.4 Å². The Kier molecular flexibility index (Phi) is 51.6. The summed E-state index contributed by atoms with van der Waals surface area (Å²) in [6.45, 7) is 28.3. The summed E-state index contributed by atoms with van der Waals surface area (Å²) in [5.41, 5.74) is 19.3. The molecule has 20 rings (SSSR count). The van der Waals surface area contributed by atoms with Crippen LogP contribution in [0.25, 0.3) is 56.3 Å². The van der Waals surface area contributed by atoms with Crippen LogP contribution in [0.3, 0.4) is 0 Å². The van der Waals surface area contributed by atoms with E-state index in [1.807, 2.05) is 121 Å². The molecule has 10 aromatic rings. The number of aliphatic hydroxyl groups excluding tert-OH is 8. The third-order valence-electron chi connectivity index (χ3n) is 30.1. The Bertz CT molecular complexity index is 4980. The van der Waals surface area contributed by atoms with Crippen molar-refractivity contribution in [2.75, 3.05) is 0 Å². The normalized spacial score (nSPS) is 24.6. The molecule has 5 aromatic carbocycles. The van der Waals surface area contributed by atoms with Gasteiger partial charge in [-0.2, -0.15) is 0 Å². The molecule has 10 aliphatic carbocycles. The molecule has 18 nitrogen and oxygen atoms in total. The van der Waals surface area contributed by atoms with Crippen LogP contribution in [0.15, 0.2) is 165 Å². The minimum atomic E-state index is -0.443. The number of hydrogen-bond acceptors (Lipinski definition) is 18. The van der Waals surface area contributed by atoms with Crippen LogP contribution in [-0.4, -0.2) is 140 Å². The van der Waals surface area contributed by atoms with Crippen molar-refractivity contribution in [3.05, 3.63) is 241 Å². The summed E-state index contributed by atoms with van der Waals surface area (Å²) < 4.78 is 0. The molecule has 0 aliphatic heterocycles. The van der Waals surface area contributed by atoms with E-state index in [9.17, 15) is 10.2 Å². The van der Waals surface area contributed by atoms with Gasteiger partial charge in [0.15, 0.2) is 0 Å². The van der Waals surface area contributed by atoms with Gasteiger partial charge in [0, 0.05) is 161 Å². The molecule has 10 aliphatic rings. The number of fused-ring (bicyclic) bond motifs is 10. The van der Waals surface area contributed by atoms with Crippen molar-refractivity contribution in [3.63, 3.8) is 0 Å². The van der Waals surface area contributed by atoms with Crippen molar-refractivity contribution in [3.8, 4) is 56.3 Å².